The molecule has 0 fully saturated rings. The third-order valence-corrected chi connectivity index (χ3v) is 10.0. The van der Waals surface area contributed by atoms with Crippen LogP contribution < -0.4 is 0 Å². The van der Waals surface area contributed by atoms with Crippen LogP contribution in [0.4, 0.5) is 0 Å². The molecular weight excluding hydrogens is 504 g/mol. The molecule has 3 heteroatoms. The average Bonchev–Trinajstić information content (AvgIpc) is 3.64. The first-order chi connectivity index (χ1) is 19.8. The van der Waals surface area contributed by atoms with Crippen LogP contribution in [0.5, 0.6) is 0 Å². The molecule has 0 saturated heterocycles. The van der Waals surface area contributed by atoms with Crippen LogP contribution in [0.15, 0.2) is 103 Å². The van der Waals surface area contributed by atoms with Crippen molar-refractivity contribution in [1.82, 2.24) is 9.38 Å². The summed E-state index contributed by atoms with van der Waals surface area (Å²) in [6.45, 7) is 0. The van der Waals surface area contributed by atoms with Crippen LogP contribution in [-0.4, -0.2) is 9.38 Å². The Balaban J connectivity index is 1.39. The molecule has 10 rings (SSSR count). The molecular formula is C37H22N2S. The van der Waals surface area contributed by atoms with E-state index >= 15 is 0 Å². The van der Waals surface area contributed by atoms with Crippen molar-refractivity contribution in [3.8, 4) is 11.1 Å². The molecule has 0 spiro atoms. The molecule has 0 aliphatic heterocycles. The third-order valence-electron chi connectivity index (χ3n) is 8.92. The molecule has 1 aliphatic rings. The molecule has 186 valence electrons. The summed E-state index contributed by atoms with van der Waals surface area (Å²) in [6.07, 6.45) is 6.60. The molecule has 5 aromatic carbocycles. The molecule has 4 aromatic heterocycles. The smallest absolute Gasteiger partial charge is 0.146 e. The maximum Gasteiger partial charge on any atom is 0.146 e. The number of pyridine rings is 1. The molecule has 0 amide bonds. The minimum absolute atomic E-state index is 1.05. The van der Waals surface area contributed by atoms with Crippen LogP contribution in [0.25, 0.3) is 86.4 Å². The third kappa shape index (κ3) is 2.70. The van der Waals surface area contributed by atoms with E-state index in [9.17, 15) is 0 Å². The van der Waals surface area contributed by atoms with Crippen molar-refractivity contribution in [2.75, 3.05) is 0 Å². The monoisotopic (exact) mass is 526 g/mol. The van der Waals surface area contributed by atoms with Gasteiger partial charge in [0, 0.05) is 41.7 Å². The fourth-order valence-corrected chi connectivity index (χ4v) is 8.15. The number of thiophene rings is 1. The summed E-state index contributed by atoms with van der Waals surface area (Å²) in [5.74, 6) is 0. The predicted octanol–water partition coefficient (Wildman–Crippen LogP) is 10.4. The molecule has 0 radical (unpaired) electrons. The summed E-state index contributed by atoms with van der Waals surface area (Å²) < 4.78 is 5.10. The Morgan fingerprint density at radius 1 is 0.625 bits per heavy atom. The van der Waals surface area contributed by atoms with E-state index in [1.165, 1.54) is 80.2 Å². The van der Waals surface area contributed by atoms with Gasteiger partial charge in [0.05, 0.1) is 16.7 Å². The molecule has 9 aromatic rings. The van der Waals surface area contributed by atoms with Gasteiger partial charge in [-0.2, -0.15) is 0 Å². The van der Waals surface area contributed by atoms with Gasteiger partial charge in [-0.3, -0.25) is 4.40 Å². The van der Waals surface area contributed by atoms with Crippen molar-refractivity contribution in [1.29, 1.82) is 0 Å². The molecule has 4 heterocycles. The Hall–Kier alpha value is -4.73. The fraction of sp³-hybridized carbons (Fsp3) is 0.0541. The Morgan fingerprint density at radius 3 is 2.42 bits per heavy atom. The number of hydrogen-bond acceptors (Lipinski definition) is 2. The Kier molecular flexibility index (Phi) is 3.95. The summed E-state index contributed by atoms with van der Waals surface area (Å²) in [4.78, 5) is 5.30. The Morgan fingerprint density at radius 2 is 1.48 bits per heavy atom. The van der Waals surface area contributed by atoms with Crippen molar-refractivity contribution >= 4 is 86.6 Å². The van der Waals surface area contributed by atoms with Crippen LogP contribution in [-0.2, 0) is 6.42 Å². The zero-order valence-electron chi connectivity index (χ0n) is 21.6. The molecule has 40 heavy (non-hydrogen) atoms. The van der Waals surface area contributed by atoms with Gasteiger partial charge in [-0.15, -0.1) is 11.3 Å². The highest BCUT2D eigenvalue weighted by molar-refractivity contribution is 7.25. The SMILES string of the molecule is C1=Cc2nc3c(cc2CC1)c1cc(-c2ccc4ccccc4c2)cc2c4cc5c(cc4n3c21)sc1ccccc15. The van der Waals surface area contributed by atoms with Crippen molar-refractivity contribution in [2.24, 2.45) is 0 Å². The Labute approximate surface area is 233 Å². The van der Waals surface area contributed by atoms with Gasteiger partial charge in [0.1, 0.15) is 5.65 Å². The second-order valence-electron chi connectivity index (χ2n) is 11.1. The summed E-state index contributed by atoms with van der Waals surface area (Å²) in [5, 5.41) is 10.4. The minimum atomic E-state index is 1.05. The summed E-state index contributed by atoms with van der Waals surface area (Å²) in [6, 6.07) is 36.3. The predicted molar refractivity (Wildman–Crippen MR) is 172 cm³/mol. The van der Waals surface area contributed by atoms with Gasteiger partial charge in [-0.1, -0.05) is 60.7 Å². The normalized spacial score (nSPS) is 13.7. The number of allylic oxidation sites excluding steroid dienone is 1. The summed E-state index contributed by atoms with van der Waals surface area (Å²) >= 11 is 1.88. The summed E-state index contributed by atoms with van der Waals surface area (Å²) in [7, 11) is 0. The highest BCUT2D eigenvalue weighted by Crippen LogP contribution is 2.45. The highest BCUT2D eigenvalue weighted by Gasteiger charge is 2.22. The quantitative estimate of drug-likeness (QED) is 0.208. The van der Waals surface area contributed by atoms with Crippen molar-refractivity contribution in [3.05, 3.63) is 114 Å². The molecule has 0 N–H and O–H groups in total. The van der Waals surface area contributed by atoms with Gasteiger partial charge in [-0.05, 0) is 88.8 Å². The number of rotatable bonds is 1. The van der Waals surface area contributed by atoms with E-state index in [0.29, 0.717) is 0 Å². The zero-order valence-corrected chi connectivity index (χ0v) is 22.4. The number of hydrogen-bond donors (Lipinski definition) is 0. The van der Waals surface area contributed by atoms with E-state index in [2.05, 4.69) is 114 Å². The van der Waals surface area contributed by atoms with Crippen molar-refractivity contribution < 1.29 is 0 Å². The average molecular weight is 527 g/mol. The number of nitrogens with zero attached hydrogens (tertiary/aromatic N) is 2. The maximum absolute atomic E-state index is 5.30. The first kappa shape index (κ1) is 21.1. The lowest BCUT2D eigenvalue weighted by Crippen LogP contribution is -1.98. The van der Waals surface area contributed by atoms with E-state index < -0.39 is 0 Å². The van der Waals surface area contributed by atoms with Gasteiger partial charge in [0.15, 0.2) is 0 Å². The summed E-state index contributed by atoms with van der Waals surface area (Å²) in [5.41, 5.74) is 8.58. The molecule has 0 atom stereocenters. The van der Waals surface area contributed by atoms with E-state index in [1.807, 2.05) is 11.3 Å². The van der Waals surface area contributed by atoms with Gasteiger partial charge in [0.2, 0.25) is 0 Å². The van der Waals surface area contributed by atoms with E-state index in [0.717, 1.165) is 24.2 Å². The largest absolute Gasteiger partial charge is 0.293 e. The highest BCUT2D eigenvalue weighted by atomic mass is 32.1. The molecule has 2 nitrogen and oxygen atoms in total. The number of benzene rings is 5. The molecule has 0 saturated carbocycles. The lowest BCUT2D eigenvalue weighted by molar-refractivity contribution is 0.970. The van der Waals surface area contributed by atoms with Gasteiger partial charge in [-0.25, -0.2) is 4.98 Å². The van der Waals surface area contributed by atoms with Crippen molar-refractivity contribution in [2.45, 2.75) is 12.8 Å². The molecule has 0 bridgehead atoms. The van der Waals surface area contributed by atoms with Crippen LogP contribution in [0, 0.1) is 0 Å². The lowest BCUT2D eigenvalue weighted by Gasteiger charge is -2.10. The van der Waals surface area contributed by atoms with E-state index in [1.54, 1.807) is 0 Å². The standard InChI is InChI=1S/C37H22N2S/c1-2-8-22-15-23(14-13-21(22)7-1)25-17-29-27-19-28-26-10-4-6-12-34(26)40-35(28)20-33(27)39-36(29)30(18-25)31-16-24-9-3-5-11-32(24)38-37(31)39/h1-2,4-8,10-20H,3,9H2. The second kappa shape index (κ2) is 7.47. The fourth-order valence-electron chi connectivity index (χ4n) is 7.03. The van der Waals surface area contributed by atoms with Crippen LogP contribution >= 0.6 is 11.3 Å². The van der Waals surface area contributed by atoms with Crippen molar-refractivity contribution in [3.63, 3.8) is 0 Å². The van der Waals surface area contributed by atoms with E-state index in [4.69, 9.17) is 4.98 Å². The topological polar surface area (TPSA) is 17.3 Å². The number of fused-ring (bicyclic) bond motifs is 11. The minimum Gasteiger partial charge on any atom is -0.293 e. The second-order valence-corrected chi connectivity index (χ2v) is 12.2. The van der Waals surface area contributed by atoms with E-state index in [-0.39, 0.29) is 0 Å². The Bertz CT molecular complexity index is 2540. The van der Waals surface area contributed by atoms with Gasteiger partial charge < -0.3 is 0 Å². The number of aryl methyl sites for hydroxylation is 1. The first-order valence-corrected chi connectivity index (χ1v) is 14.8. The van der Waals surface area contributed by atoms with Gasteiger partial charge >= 0.3 is 0 Å². The van der Waals surface area contributed by atoms with Gasteiger partial charge in [0.25, 0.3) is 0 Å². The first-order valence-electron chi connectivity index (χ1n) is 13.9. The lowest BCUT2D eigenvalue weighted by atomic mass is 9.96. The molecule has 0 unspecified atom stereocenters. The molecule has 1 aliphatic carbocycles. The van der Waals surface area contributed by atoms with Crippen LogP contribution in [0.1, 0.15) is 17.7 Å². The van der Waals surface area contributed by atoms with Crippen LogP contribution in [0.3, 0.4) is 0 Å². The zero-order chi connectivity index (χ0) is 25.9. The number of aromatic nitrogens is 2. The maximum atomic E-state index is 5.30. The van der Waals surface area contributed by atoms with Crippen LogP contribution in [0.2, 0.25) is 0 Å².